The molecule has 0 bridgehead atoms. The highest BCUT2D eigenvalue weighted by Gasteiger charge is 2.30. The largest absolute Gasteiger partial charge is 0.462 e. The number of carbonyl (C=O) groups excluding carboxylic acids is 2. The standard InChI is InChI=1S/C23H29FN2O3S/c1-5-29-23(28)20-18-10-9-14(2)11-19(18)30-22(20)25-21(27)15(3)26(4)13-16-7-6-8-17(24)12-16/h6-8,12,14-15H,5,9-11,13H2,1-4H3,(H,25,27)/t14-,15-/m1/s1. The van der Waals surface area contributed by atoms with Crippen LogP contribution < -0.4 is 5.32 Å². The lowest BCUT2D eigenvalue weighted by Crippen LogP contribution is -2.39. The van der Waals surface area contributed by atoms with Crippen molar-refractivity contribution in [3.8, 4) is 0 Å². The minimum atomic E-state index is -0.457. The lowest BCUT2D eigenvalue weighted by Gasteiger charge is -2.24. The number of nitrogens with zero attached hydrogens (tertiary/aromatic N) is 1. The number of rotatable bonds is 7. The van der Waals surface area contributed by atoms with Gasteiger partial charge < -0.3 is 10.1 Å². The van der Waals surface area contributed by atoms with Crippen LogP contribution in [-0.2, 0) is 28.9 Å². The van der Waals surface area contributed by atoms with Crippen molar-refractivity contribution in [2.24, 2.45) is 5.92 Å². The summed E-state index contributed by atoms with van der Waals surface area (Å²) in [6, 6.07) is 5.90. The first-order valence-electron chi connectivity index (χ1n) is 10.4. The van der Waals surface area contributed by atoms with E-state index in [1.807, 2.05) is 18.0 Å². The molecule has 3 rings (SSSR count). The Morgan fingerprint density at radius 3 is 2.87 bits per heavy atom. The lowest BCUT2D eigenvalue weighted by molar-refractivity contribution is -0.120. The number of benzene rings is 1. The van der Waals surface area contributed by atoms with Crippen molar-refractivity contribution in [1.29, 1.82) is 0 Å². The molecule has 2 atom stereocenters. The zero-order chi connectivity index (χ0) is 21.8. The number of hydrogen-bond acceptors (Lipinski definition) is 5. The fourth-order valence-electron chi connectivity index (χ4n) is 3.73. The Morgan fingerprint density at radius 2 is 2.17 bits per heavy atom. The molecule has 0 spiro atoms. The summed E-state index contributed by atoms with van der Waals surface area (Å²) >= 11 is 1.48. The molecule has 0 radical (unpaired) electrons. The number of nitrogens with one attached hydrogen (secondary N) is 1. The summed E-state index contributed by atoms with van der Waals surface area (Å²) in [7, 11) is 1.82. The summed E-state index contributed by atoms with van der Waals surface area (Å²) in [5.41, 5.74) is 2.33. The van der Waals surface area contributed by atoms with Gasteiger partial charge in [-0.15, -0.1) is 11.3 Å². The van der Waals surface area contributed by atoms with Crippen LogP contribution in [0.1, 0.15) is 53.6 Å². The van der Waals surface area contributed by atoms with Gasteiger partial charge >= 0.3 is 5.97 Å². The van der Waals surface area contributed by atoms with Gasteiger partial charge in [0.25, 0.3) is 0 Å². The van der Waals surface area contributed by atoms with Crippen LogP contribution in [0.3, 0.4) is 0 Å². The smallest absolute Gasteiger partial charge is 0.341 e. The Labute approximate surface area is 181 Å². The molecule has 162 valence electrons. The van der Waals surface area contributed by atoms with E-state index in [4.69, 9.17) is 4.74 Å². The lowest BCUT2D eigenvalue weighted by atomic mass is 9.88. The molecule has 1 aliphatic carbocycles. The molecule has 0 unspecified atom stereocenters. The van der Waals surface area contributed by atoms with Crippen LogP contribution in [0, 0.1) is 11.7 Å². The van der Waals surface area contributed by atoms with Gasteiger partial charge in [-0.05, 0) is 69.3 Å². The van der Waals surface area contributed by atoms with Gasteiger partial charge in [-0.25, -0.2) is 9.18 Å². The van der Waals surface area contributed by atoms with Gasteiger partial charge in [-0.1, -0.05) is 19.1 Å². The van der Waals surface area contributed by atoms with E-state index in [2.05, 4.69) is 12.2 Å². The molecule has 0 saturated carbocycles. The minimum absolute atomic E-state index is 0.203. The number of thiophene rings is 1. The summed E-state index contributed by atoms with van der Waals surface area (Å²) in [4.78, 5) is 28.6. The fraction of sp³-hybridized carbons (Fsp3) is 0.478. The number of ether oxygens (including phenoxy) is 1. The maximum atomic E-state index is 13.4. The van der Waals surface area contributed by atoms with E-state index in [1.165, 1.54) is 23.5 Å². The molecule has 7 heteroatoms. The Kier molecular flexibility index (Phi) is 7.26. The number of amides is 1. The zero-order valence-electron chi connectivity index (χ0n) is 18.0. The van der Waals surface area contributed by atoms with Gasteiger partial charge in [0, 0.05) is 11.4 Å². The van der Waals surface area contributed by atoms with Crippen LogP contribution in [0.4, 0.5) is 9.39 Å². The quantitative estimate of drug-likeness (QED) is 0.647. The van der Waals surface area contributed by atoms with Crippen LogP contribution >= 0.6 is 11.3 Å². The summed E-state index contributed by atoms with van der Waals surface area (Å²) in [5, 5.41) is 3.54. The van der Waals surface area contributed by atoms with Crippen molar-refractivity contribution in [2.75, 3.05) is 19.0 Å². The maximum Gasteiger partial charge on any atom is 0.341 e. The highest BCUT2D eigenvalue weighted by atomic mass is 32.1. The monoisotopic (exact) mass is 432 g/mol. The van der Waals surface area contributed by atoms with Gasteiger partial charge in [0.05, 0.1) is 18.2 Å². The molecular formula is C23H29FN2O3S. The highest BCUT2D eigenvalue weighted by Crippen LogP contribution is 2.40. The van der Waals surface area contributed by atoms with E-state index in [1.54, 1.807) is 19.9 Å². The van der Waals surface area contributed by atoms with Crippen molar-refractivity contribution < 1.29 is 18.7 Å². The normalized spacial score (nSPS) is 16.8. The number of fused-ring (bicyclic) bond motifs is 1. The van der Waals surface area contributed by atoms with Gasteiger partial charge in [0.2, 0.25) is 5.91 Å². The number of likely N-dealkylation sites (N-methyl/N-ethyl adjacent to an activating group) is 1. The van der Waals surface area contributed by atoms with E-state index < -0.39 is 6.04 Å². The van der Waals surface area contributed by atoms with E-state index >= 15 is 0 Å². The van der Waals surface area contributed by atoms with Crippen molar-refractivity contribution in [2.45, 2.75) is 52.6 Å². The van der Waals surface area contributed by atoms with E-state index in [9.17, 15) is 14.0 Å². The van der Waals surface area contributed by atoms with Crippen LogP contribution in [0.5, 0.6) is 0 Å². The van der Waals surface area contributed by atoms with Crippen LogP contribution in [-0.4, -0.2) is 36.5 Å². The van der Waals surface area contributed by atoms with Gasteiger partial charge in [-0.3, -0.25) is 9.69 Å². The molecular weight excluding hydrogens is 403 g/mol. The van der Waals surface area contributed by atoms with Crippen LogP contribution in [0.15, 0.2) is 24.3 Å². The zero-order valence-corrected chi connectivity index (χ0v) is 18.8. The summed E-state index contributed by atoms with van der Waals surface area (Å²) in [6.45, 7) is 6.51. The topological polar surface area (TPSA) is 58.6 Å². The average molecular weight is 433 g/mol. The summed E-state index contributed by atoms with van der Waals surface area (Å²) < 4.78 is 18.7. The van der Waals surface area contributed by atoms with Gasteiger partial charge in [0.15, 0.2) is 0 Å². The van der Waals surface area contributed by atoms with Crippen LogP contribution in [0.25, 0.3) is 0 Å². The third kappa shape index (κ3) is 5.08. The average Bonchev–Trinajstić information content (AvgIpc) is 3.04. The van der Waals surface area contributed by atoms with E-state index in [-0.39, 0.29) is 17.7 Å². The molecule has 0 saturated heterocycles. The van der Waals surface area contributed by atoms with E-state index in [0.717, 1.165) is 35.3 Å². The molecule has 2 aromatic rings. The summed E-state index contributed by atoms with van der Waals surface area (Å²) in [6.07, 6.45) is 2.76. The molecule has 0 fully saturated rings. The number of carbonyl (C=O) groups is 2. The van der Waals surface area contributed by atoms with Crippen molar-refractivity contribution >= 4 is 28.2 Å². The predicted molar refractivity (Wildman–Crippen MR) is 117 cm³/mol. The molecule has 0 aliphatic heterocycles. The van der Waals surface area contributed by atoms with Gasteiger partial charge in [0.1, 0.15) is 10.8 Å². The number of halogens is 1. The first-order chi connectivity index (χ1) is 14.3. The Morgan fingerprint density at radius 1 is 1.40 bits per heavy atom. The van der Waals surface area contributed by atoms with E-state index in [0.29, 0.717) is 29.6 Å². The SMILES string of the molecule is CCOC(=O)c1c(NC(=O)[C@@H](C)N(C)Cc2cccc(F)c2)sc2c1CC[C@@H](C)C2. The third-order valence-corrected chi connectivity index (χ3v) is 6.76. The second-order valence-corrected chi connectivity index (χ2v) is 9.09. The first-order valence-corrected chi connectivity index (χ1v) is 11.2. The maximum absolute atomic E-state index is 13.4. The van der Waals surface area contributed by atoms with Crippen molar-refractivity contribution in [3.63, 3.8) is 0 Å². The first kappa shape index (κ1) is 22.4. The molecule has 1 heterocycles. The second-order valence-electron chi connectivity index (χ2n) is 7.99. The van der Waals surface area contributed by atoms with Crippen molar-refractivity contribution in [3.05, 3.63) is 51.7 Å². The Bertz CT molecular complexity index is 927. The second kappa shape index (κ2) is 9.71. The fourth-order valence-corrected chi connectivity index (χ4v) is 5.14. The molecule has 1 N–H and O–H groups in total. The molecule has 1 aromatic carbocycles. The number of anilines is 1. The minimum Gasteiger partial charge on any atom is -0.462 e. The molecule has 30 heavy (non-hydrogen) atoms. The Hall–Kier alpha value is -2.25. The van der Waals surface area contributed by atoms with Crippen molar-refractivity contribution in [1.82, 2.24) is 4.90 Å². The molecule has 1 aromatic heterocycles. The molecule has 1 amide bonds. The third-order valence-electron chi connectivity index (χ3n) is 5.59. The summed E-state index contributed by atoms with van der Waals surface area (Å²) in [5.74, 6) is -0.312. The highest BCUT2D eigenvalue weighted by molar-refractivity contribution is 7.17. The number of esters is 1. The van der Waals surface area contributed by atoms with Gasteiger partial charge in [-0.2, -0.15) is 0 Å². The molecule has 1 aliphatic rings. The Balaban J connectivity index is 1.77. The molecule has 5 nitrogen and oxygen atoms in total. The van der Waals surface area contributed by atoms with Crippen LogP contribution in [0.2, 0.25) is 0 Å². The predicted octanol–water partition coefficient (Wildman–Crippen LogP) is 4.65. The number of hydrogen-bond donors (Lipinski definition) is 1.